The molecule has 11 aromatic rings. The predicted molar refractivity (Wildman–Crippen MR) is 192 cm³/mol. The molecule has 0 fully saturated rings. The molecule has 48 heavy (non-hydrogen) atoms. The highest BCUT2D eigenvalue weighted by atomic mass is 16.3. The lowest BCUT2D eigenvalue weighted by molar-refractivity contribution is 0.595. The minimum atomic E-state index is 0.813. The van der Waals surface area contributed by atoms with Crippen LogP contribution in [0.5, 0.6) is 0 Å². The number of aromatic nitrogens is 3. The summed E-state index contributed by atoms with van der Waals surface area (Å²) < 4.78 is 24.8. The first-order chi connectivity index (χ1) is 23.8. The number of benzene rings is 5. The zero-order chi connectivity index (χ0) is 31.3. The first-order valence-electron chi connectivity index (χ1n) is 16.0. The summed E-state index contributed by atoms with van der Waals surface area (Å²) in [5.74, 6) is 0. The van der Waals surface area contributed by atoms with Crippen LogP contribution in [-0.2, 0) is 0 Å². The average molecular weight is 620 g/mol. The molecule has 0 spiro atoms. The van der Waals surface area contributed by atoms with E-state index in [4.69, 9.17) is 13.3 Å². The van der Waals surface area contributed by atoms with Crippen LogP contribution < -0.4 is 0 Å². The molecule has 0 atom stereocenters. The van der Waals surface area contributed by atoms with E-state index in [0.717, 1.165) is 83.4 Å². The number of fused-ring (bicyclic) bond motifs is 9. The maximum absolute atomic E-state index is 6.16. The largest absolute Gasteiger partial charge is 0.447 e. The summed E-state index contributed by atoms with van der Waals surface area (Å²) >= 11 is 0. The number of nitrogens with zero attached hydrogens (tertiary/aromatic N) is 3. The Morgan fingerprint density at radius 3 is 1.27 bits per heavy atom. The first kappa shape index (κ1) is 25.5. The Balaban J connectivity index is 1.06. The van der Waals surface area contributed by atoms with Crippen LogP contribution in [0.1, 0.15) is 0 Å². The normalized spacial score (nSPS) is 12.2. The Morgan fingerprint density at radius 2 is 0.750 bits per heavy atom. The quantitative estimate of drug-likeness (QED) is 0.197. The maximum Gasteiger partial charge on any atom is 0.212 e. The molecule has 6 heterocycles. The van der Waals surface area contributed by atoms with Crippen molar-refractivity contribution in [1.29, 1.82) is 0 Å². The van der Waals surface area contributed by atoms with Gasteiger partial charge in [-0.25, -0.2) is 0 Å². The van der Waals surface area contributed by atoms with Crippen LogP contribution in [0.4, 0.5) is 0 Å². The molecule has 6 nitrogen and oxygen atoms in total. The van der Waals surface area contributed by atoms with Gasteiger partial charge >= 0.3 is 0 Å². The molecule has 6 heteroatoms. The topological polar surface area (TPSA) is 54.2 Å². The highest BCUT2D eigenvalue weighted by molar-refractivity contribution is 6.11. The van der Waals surface area contributed by atoms with E-state index in [9.17, 15) is 0 Å². The molecule has 0 N–H and O–H groups in total. The van der Waals surface area contributed by atoms with Crippen molar-refractivity contribution in [3.8, 4) is 28.2 Å². The van der Waals surface area contributed by atoms with Gasteiger partial charge in [0.15, 0.2) is 0 Å². The van der Waals surface area contributed by atoms with E-state index in [2.05, 4.69) is 135 Å². The van der Waals surface area contributed by atoms with Crippen LogP contribution in [-0.4, -0.2) is 13.7 Å². The van der Waals surface area contributed by atoms with Crippen molar-refractivity contribution in [2.24, 2.45) is 0 Å². The number of furan rings is 3. The molecule has 0 aliphatic heterocycles. The minimum Gasteiger partial charge on any atom is -0.447 e. The van der Waals surface area contributed by atoms with Crippen LogP contribution in [0, 0.1) is 0 Å². The second kappa shape index (κ2) is 9.44. The number of para-hydroxylation sites is 2. The SMILES string of the molecule is c1cc(-c2cccc(-n3c4ccc(-n5c6ccccc6c6ccoc65)cc4c4ccoc43)c2)cc(-n2c3ccccc3c3ccoc32)c1. The Labute approximate surface area is 272 Å². The third kappa shape index (κ3) is 3.40. The number of hydrogen-bond acceptors (Lipinski definition) is 3. The predicted octanol–water partition coefficient (Wildman–Crippen LogP) is 11.4. The van der Waals surface area contributed by atoms with Crippen LogP contribution in [0.2, 0.25) is 0 Å². The van der Waals surface area contributed by atoms with Gasteiger partial charge in [0.05, 0.1) is 35.3 Å². The summed E-state index contributed by atoms with van der Waals surface area (Å²) in [5.41, 5.74) is 11.2. The van der Waals surface area contributed by atoms with Crippen molar-refractivity contribution in [2.45, 2.75) is 0 Å². The zero-order valence-corrected chi connectivity index (χ0v) is 25.5. The lowest BCUT2D eigenvalue weighted by atomic mass is 10.0. The monoisotopic (exact) mass is 619 g/mol. The highest BCUT2D eigenvalue weighted by Gasteiger charge is 2.20. The van der Waals surface area contributed by atoms with E-state index in [1.54, 1.807) is 18.8 Å². The molecular formula is C42H25N3O3. The molecule has 0 aliphatic carbocycles. The fraction of sp³-hybridized carbons (Fsp3) is 0. The summed E-state index contributed by atoms with van der Waals surface area (Å²) in [7, 11) is 0. The molecule has 0 saturated carbocycles. The van der Waals surface area contributed by atoms with Crippen molar-refractivity contribution >= 4 is 66.0 Å². The minimum absolute atomic E-state index is 0.813. The lowest BCUT2D eigenvalue weighted by Gasteiger charge is -2.12. The van der Waals surface area contributed by atoms with Crippen molar-refractivity contribution in [1.82, 2.24) is 13.7 Å². The Kier molecular flexibility index (Phi) is 5.02. The van der Waals surface area contributed by atoms with E-state index < -0.39 is 0 Å². The summed E-state index contributed by atoms with van der Waals surface area (Å²) in [6.07, 6.45) is 5.30. The summed E-state index contributed by atoms with van der Waals surface area (Å²) in [4.78, 5) is 0. The fourth-order valence-electron chi connectivity index (χ4n) is 7.65. The van der Waals surface area contributed by atoms with Gasteiger partial charge in [-0.3, -0.25) is 13.7 Å². The van der Waals surface area contributed by atoms with Gasteiger partial charge in [-0.2, -0.15) is 0 Å². The van der Waals surface area contributed by atoms with Crippen molar-refractivity contribution in [3.05, 3.63) is 152 Å². The molecule has 5 aromatic carbocycles. The van der Waals surface area contributed by atoms with Gasteiger partial charge in [-0.15, -0.1) is 0 Å². The average Bonchev–Trinajstić information content (AvgIpc) is 3.98. The highest BCUT2D eigenvalue weighted by Crippen LogP contribution is 2.39. The maximum atomic E-state index is 6.16. The Bertz CT molecular complexity index is 3030. The lowest BCUT2D eigenvalue weighted by Crippen LogP contribution is -1.96. The Morgan fingerprint density at radius 1 is 0.312 bits per heavy atom. The third-order valence-electron chi connectivity index (χ3n) is 9.73. The first-order valence-corrected chi connectivity index (χ1v) is 16.0. The summed E-state index contributed by atoms with van der Waals surface area (Å²) in [5, 5.41) is 6.75. The molecule has 11 rings (SSSR count). The molecule has 6 aromatic heterocycles. The van der Waals surface area contributed by atoms with E-state index in [1.165, 1.54) is 10.8 Å². The molecule has 0 saturated heterocycles. The molecular weight excluding hydrogens is 594 g/mol. The van der Waals surface area contributed by atoms with Crippen LogP contribution >= 0.6 is 0 Å². The Hall–Kier alpha value is -6.66. The third-order valence-corrected chi connectivity index (χ3v) is 9.73. The van der Waals surface area contributed by atoms with Crippen LogP contribution in [0.25, 0.3) is 94.2 Å². The van der Waals surface area contributed by atoms with Gasteiger partial charge in [0, 0.05) is 49.4 Å². The number of rotatable bonds is 4. The molecule has 0 aliphatic rings. The van der Waals surface area contributed by atoms with E-state index in [-0.39, 0.29) is 0 Å². The fourth-order valence-corrected chi connectivity index (χ4v) is 7.65. The second-order valence-corrected chi connectivity index (χ2v) is 12.3. The van der Waals surface area contributed by atoms with Gasteiger partial charge in [-0.1, -0.05) is 60.7 Å². The molecule has 0 radical (unpaired) electrons. The molecule has 0 amide bonds. The van der Waals surface area contributed by atoms with Crippen LogP contribution in [0.15, 0.2) is 166 Å². The van der Waals surface area contributed by atoms with Gasteiger partial charge in [0.25, 0.3) is 0 Å². The molecule has 0 bridgehead atoms. The van der Waals surface area contributed by atoms with Gasteiger partial charge in [0.1, 0.15) is 0 Å². The standard InChI is InChI=1S/C42H25N3O3/c1-3-13-37-31(11-1)33-17-20-46-40(33)43(37)28-9-5-7-26(23-28)27-8-6-10-29(24-27)44-39-16-15-30(25-36(39)35-19-22-48-42(35)44)45-38-14-4-2-12-32(38)34-18-21-47-41(34)45/h1-25H. The smallest absolute Gasteiger partial charge is 0.212 e. The van der Waals surface area contributed by atoms with Gasteiger partial charge < -0.3 is 13.3 Å². The van der Waals surface area contributed by atoms with Gasteiger partial charge in [0.2, 0.25) is 17.1 Å². The van der Waals surface area contributed by atoms with E-state index in [1.807, 2.05) is 12.1 Å². The summed E-state index contributed by atoms with van der Waals surface area (Å²) in [6.45, 7) is 0. The zero-order valence-electron chi connectivity index (χ0n) is 25.5. The second-order valence-electron chi connectivity index (χ2n) is 12.3. The van der Waals surface area contributed by atoms with Gasteiger partial charge in [-0.05, 0) is 83.9 Å². The van der Waals surface area contributed by atoms with Crippen molar-refractivity contribution in [3.63, 3.8) is 0 Å². The summed E-state index contributed by atoms with van der Waals surface area (Å²) in [6, 6.07) is 46.9. The molecule has 0 unspecified atom stereocenters. The van der Waals surface area contributed by atoms with Crippen molar-refractivity contribution in [2.75, 3.05) is 0 Å². The van der Waals surface area contributed by atoms with Crippen LogP contribution in [0.3, 0.4) is 0 Å². The van der Waals surface area contributed by atoms with Crippen molar-refractivity contribution < 1.29 is 13.3 Å². The van der Waals surface area contributed by atoms with E-state index >= 15 is 0 Å². The number of hydrogen-bond donors (Lipinski definition) is 0. The van der Waals surface area contributed by atoms with E-state index in [0.29, 0.717) is 0 Å². The molecule has 226 valence electrons.